The molecule has 2 aromatic heterocycles. The molecule has 0 bridgehead atoms. The Morgan fingerprint density at radius 1 is 1.34 bits per heavy atom. The van der Waals surface area contributed by atoms with Crippen LogP contribution < -0.4 is 15.4 Å². The van der Waals surface area contributed by atoms with Crippen LogP contribution in [-0.2, 0) is 4.79 Å². The van der Waals surface area contributed by atoms with Crippen LogP contribution in [0.25, 0.3) is 11.5 Å². The third-order valence-electron chi connectivity index (χ3n) is 4.29. The number of carboxylic acid groups (broad SMARTS) is 1. The molecule has 0 atom stereocenters. The van der Waals surface area contributed by atoms with E-state index in [-0.39, 0.29) is 29.2 Å². The number of benzene rings is 1. The molecule has 9 nitrogen and oxygen atoms in total. The van der Waals surface area contributed by atoms with Gasteiger partial charge in [0, 0.05) is 24.8 Å². The molecule has 0 amide bonds. The fourth-order valence-electron chi connectivity index (χ4n) is 2.98. The van der Waals surface area contributed by atoms with E-state index in [0.29, 0.717) is 24.4 Å². The summed E-state index contributed by atoms with van der Waals surface area (Å²) in [6.45, 7) is 0.626. The van der Waals surface area contributed by atoms with Crippen molar-refractivity contribution in [3.63, 3.8) is 0 Å². The SMILES string of the molecule is NC1(CC(=O)O)CN(c2nnc(-c3ccc(Oc4ncc(Cl)cc4F)cc3)o2)C1. The Morgan fingerprint density at radius 2 is 2.07 bits per heavy atom. The Balaban J connectivity index is 1.42. The van der Waals surface area contributed by atoms with Gasteiger partial charge in [0.25, 0.3) is 5.88 Å². The molecule has 29 heavy (non-hydrogen) atoms. The standard InChI is InChI=1S/C18H15ClFN5O4/c19-11-5-13(20)16(22-7-11)28-12-3-1-10(2-4-12)15-23-24-17(29-15)25-8-18(21,9-25)6-14(26)27/h1-5,7H,6,8-9,21H2,(H,26,27). The second kappa shape index (κ2) is 7.30. The summed E-state index contributed by atoms with van der Waals surface area (Å²) in [4.78, 5) is 16.3. The third kappa shape index (κ3) is 4.13. The fraction of sp³-hybridized carbons (Fsp3) is 0.222. The molecular formula is C18H15ClFN5O4. The van der Waals surface area contributed by atoms with Crippen LogP contribution in [0.4, 0.5) is 10.4 Å². The molecule has 1 aliphatic heterocycles. The molecule has 0 aliphatic carbocycles. The summed E-state index contributed by atoms with van der Waals surface area (Å²) in [5.74, 6) is -1.17. The lowest BCUT2D eigenvalue weighted by Gasteiger charge is -2.45. The van der Waals surface area contributed by atoms with Crippen molar-refractivity contribution in [3.05, 3.63) is 47.4 Å². The van der Waals surface area contributed by atoms with Crippen molar-refractivity contribution in [2.45, 2.75) is 12.0 Å². The highest BCUT2D eigenvalue weighted by atomic mass is 35.5. The summed E-state index contributed by atoms with van der Waals surface area (Å²) in [5.41, 5.74) is 5.81. The second-order valence-corrected chi connectivity index (χ2v) is 7.18. The highest BCUT2D eigenvalue weighted by Crippen LogP contribution is 2.31. The lowest BCUT2D eigenvalue weighted by molar-refractivity contribution is -0.138. The van der Waals surface area contributed by atoms with Gasteiger partial charge in [-0.15, -0.1) is 5.10 Å². The van der Waals surface area contributed by atoms with Crippen LogP contribution in [0.3, 0.4) is 0 Å². The van der Waals surface area contributed by atoms with Crippen LogP contribution in [-0.4, -0.2) is 44.9 Å². The number of halogens is 2. The molecule has 4 rings (SSSR count). The van der Waals surface area contributed by atoms with E-state index in [1.54, 1.807) is 29.2 Å². The number of hydrogen-bond acceptors (Lipinski definition) is 8. The quantitative estimate of drug-likeness (QED) is 0.619. The van der Waals surface area contributed by atoms with E-state index in [0.717, 1.165) is 6.07 Å². The van der Waals surface area contributed by atoms with Crippen LogP contribution in [0.1, 0.15) is 6.42 Å². The molecule has 11 heteroatoms. The van der Waals surface area contributed by atoms with E-state index in [1.807, 2.05) is 0 Å². The van der Waals surface area contributed by atoms with Crippen molar-refractivity contribution >= 4 is 23.6 Å². The molecule has 0 radical (unpaired) electrons. The van der Waals surface area contributed by atoms with E-state index >= 15 is 0 Å². The van der Waals surface area contributed by atoms with E-state index in [1.165, 1.54) is 6.20 Å². The molecule has 1 aliphatic rings. The van der Waals surface area contributed by atoms with Gasteiger partial charge in [-0.2, -0.15) is 0 Å². The van der Waals surface area contributed by atoms with Gasteiger partial charge in [0.2, 0.25) is 5.89 Å². The molecule has 3 heterocycles. The number of carboxylic acids is 1. The number of aliphatic carboxylic acids is 1. The lowest BCUT2D eigenvalue weighted by atomic mass is 9.88. The summed E-state index contributed by atoms with van der Waals surface area (Å²) in [7, 11) is 0. The van der Waals surface area contributed by atoms with Crippen molar-refractivity contribution < 1.29 is 23.4 Å². The number of hydrogen-bond donors (Lipinski definition) is 2. The minimum atomic E-state index is -0.950. The minimum absolute atomic E-state index is 0.130. The van der Waals surface area contributed by atoms with Gasteiger partial charge in [-0.25, -0.2) is 9.37 Å². The highest BCUT2D eigenvalue weighted by Gasteiger charge is 2.43. The molecule has 1 aromatic carbocycles. The Bertz CT molecular complexity index is 1050. The summed E-state index contributed by atoms with van der Waals surface area (Å²) >= 11 is 5.67. The number of ether oxygens (including phenoxy) is 1. The van der Waals surface area contributed by atoms with Crippen LogP contribution >= 0.6 is 11.6 Å². The van der Waals surface area contributed by atoms with E-state index < -0.39 is 17.3 Å². The van der Waals surface area contributed by atoms with E-state index in [2.05, 4.69) is 15.2 Å². The van der Waals surface area contributed by atoms with Crippen molar-refractivity contribution in [1.82, 2.24) is 15.2 Å². The monoisotopic (exact) mass is 419 g/mol. The molecule has 3 aromatic rings. The first-order valence-electron chi connectivity index (χ1n) is 8.50. The maximum Gasteiger partial charge on any atom is 0.318 e. The average molecular weight is 420 g/mol. The Hall–Kier alpha value is -3.24. The van der Waals surface area contributed by atoms with Gasteiger partial charge < -0.3 is 24.9 Å². The zero-order chi connectivity index (χ0) is 20.6. The van der Waals surface area contributed by atoms with Crippen LogP contribution in [0.5, 0.6) is 11.6 Å². The Morgan fingerprint density at radius 3 is 2.72 bits per heavy atom. The van der Waals surface area contributed by atoms with Crippen LogP contribution in [0, 0.1) is 5.82 Å². The molecule has 0 unspecified atom stereocenters. The minimum Gasteiger partial charge on any atom is -0.481 e. The van der Waals surface area contributed by atoms with Crippen molar-refractivity contribution in [3.8, 4) is 23.1 Å². The largest absolute Gasteiger partial charge is 0.481 e. The van der Waals surface area contributed by atoms with Gasteiger partial charge in [-0.3, -0.25) is 4.79 Å². The number of anilines is 1. The highest BCUT2D eigenvalue weighted by molar-refractivity contribution is 6.30. The molecule has 3 N–H and O–H groups in total. The molecule has 0 saturated carbocycles. The summed E-state index contributed by atoms with van der Waals surface area (Å²) < 4.78 is 24.8. The van der Waals surface area contributed by atoms with Crippen molar-refractivity contribution in [2.24, 2.45) is 5.73 Å². The van der Waals surface area contributed by atoms with Gasteiger partial charge in [-0.1, -0.05) is 16.7 Å². The number of rotatable bonds is 6. The first-order valence-corrected chi connectivity index (χ1v) is 8.88. The van der Waals surface area contributed by atoms with Crippen LogP contribution in [0.2, 0.25) is 5.02 Å². The fourth-order valence-corrected chi connectivity index (χ4v) is 3.12. The van der Waals surface area contributed by atoms with Crippen LogP contribution in [0.15, 0.2) is 40.9 Å². The summed E-state index contributed by atoms with van der Waals surface area (Å²) in [5, 5.41) is 17.0. The Kier molecular flexibility index (Phi) is 4.81. The number of nitrogens with zero attached hydrogens (tertiary/aromatic N) is 4. The zero-order valence-electron chi connectivity index (χ0n) is 14.9. The topological polar surface area (TPSA) is 128 Å². The van der Waals surface area contributed by atoms with Gasteiger partial charge in [0.1, 0.15) is 5.75 Å². The summed E-state index contributed by atoms with van der Waals surface area (Å²) in [6, 6.07) is 7.94. The third-order valence-corrected chi connectivity index (χ3v) is 4.50. The smallest absolute Gasteiger partial charge is 0.318 e. The molecule has 1 fully saturated rings. The first kappa shape index (κ1) is 19.1. The zero-order valence-corrected chi connectivity index (χ0v) is 15.6. The van der Waals surface area contributed by atoms with Gasteiger partial charge in [0.05, 0.1) is 17.0 Å². The van der Waals surface area contributed by atoms with E-state index in [4.69, 9.17) is 31.6 Å². The maximum atomic E-state index is 13.8. The van der Waals surface area contributed by atoms with Gasteiger partial charge in [-0.05, 0) is 30.3 Å². The number of pyridine rings is 1. The summed E-state index contributed by atoms with van der Waals surface area (Å²) in [6.07, 6.45) is 1.16. The van der Waals surface area contributed by atoms with Gasteiger partial charge >= 0.3 is 12.0 Å². The number of carbonyl (C=O) groups is 1. The molecule has 0 spiro atoms. The maximum absolute atomic E-state index is 13.8. The predicted molar refractivity (Wildman–Crippen MR) is 100 cm³/mol. The van der Waals surface area contributed by atoms with Crippen molar-refractivity contribution in [1.29, 1.82) is 0 Å². The predicted octanol–water partition coefficient (Wildman–Crippen LogP) is 2.71. The molecular weight excluding hydrogens is 405 g/mol. The van der Waals surface area contributed by atoms with Crippen molar-refractivity contribution in [2.75, 3.05) is 18.0 Å². The number of nitrogens with two attached hydrogens (primary N) is 1. The molecule has 1 saturated heterocycles. The average Bonchev–Trinajstić information content (AvgIpc) is 3.12. The lowest BCUT2D eigenvalue weighted by Crippen LogP contribution is -2.68. The van der Waals surface area contributed by atoms with Gasteiger partial charge in [0.15, 0.2) is 5.82 Å². The number of aromatic nitrogens is 3. The Labute approximate surface area is 168 Å². The normalized spacial score (nSPS) is 15.1. The second-order valence-electron chi connectivity index (χ2n) is 6.75. The van der Waals surface area contributed by atoms with E-state index in [9.17, 15) is 9.18 Å². The molecule has 150 valence electrons. The first-order chi connectivity index (χ1) is 13.8.